The predicted molar refractivity (Wildman–Crippen MR) is 72.5 cm³/mol. The molecule has 2 rings (SSSR count). The van der Waals surface area contributed by atoms with Crippen molar-refractivity contribution in [1.82, 2.24) is 0 Å². The first kappa shape index (κ1) is 12.5. The van der Waals surface area contributed by atoms with Crippen molar-refractivity contribution in [3.8, 4) is 0 Å². The first-order chi connectivity index (χ1) is 8.09. The van der Waals surface area contributed by atoms with Gasteiger partial charge in [-0.2, -0.15) is 0 Å². The molecule has 1 aromatic rings. The van der Waals surface area contributed by atoms with Crippen molar-refractivity contribution in [3.05, 3.63) is 23.2 Å². The minimum Gasteiger partial charge on any atom is -0.397 e. The molecular formula is C13H19ClN2O. The number of hydrogen-bond acceptors (Lipinski definition) is 3. The molecule has 94 valence electrons. The third kappa shape index (κ3) is 2.67. The average molecular weight is 255 g/mol. The van der Waals surface area contributed by atoms with Crippen LogP contribution in [0.4, 0.5) is 11.4 Å². The SMILES string of the molecule is CN(c1cc(Cl)ccc1N)C1CCCCC1O. The molecule has 1 fully saturated rings. The van der Waals surface area contributed by atoms with Gasteiger partial charge in [0.25, 0.3) is 0 Å². The van der Waals surface area contributed by atoms with Crippen molar-refractivity contribution < 1.29 is 5.11 Å². The van der Waals surface area contributed by atoms with E-state index in [0.717, 1.165) is 31.4 Å². The Bertz CT molecular complexity index is 397. The summed E-state index contributed by atoms with van der Waals surface area (Å²) >= 11 is 5.99. The second-order valence-electron chi connectivity index (χ2n) is 4.73. The van der Waals surface area contributed by atoms with Crippen molar-refractivity contribution in [2.45, 2.75) is 37.8 Å². The highest BCUT2D eigenvalue weighted by Crippen LogP contribution is 2.31. The van der Waals surface area contributed by atoms with Crippen LogP contribution in [0.15, 0.2) is 18.2 Å². The predicted octanol–water partition coefficient (Wildman–Crippen LogP) is 2.66. The largest absolute Gasteiger partial charge is 0.397 e. The highest BCUT2D eigenvalue weighted by atomic mass is 35.5. The van der Waals surface area contributed by atoms with Gasteiger partial charge in [-0.3, -0.25) is 0 Å². The molecule has 17 heavy (non-hydrogen) atoms. The number of hydrogen-bond donors (Lipinski definition) is 2. The van der Waals surface area contributed by atoms with Gasteiger partial charge in [0, 0.05) is 12.1 Å². The molecule has 1 aromatic carbocycles. The molecule has 1 aliphatic rings. The highest BCUT2D eigenvalue weighted by molar-refractivity contribution is 6.31. The normalized spacial score (nSPS) is 24.6. The highest BCUT2D eigenvalue weighted by Gasteiger charge is 2.27. The fourth-order valence-electron chi connectivity index (χ4n) is 2.54. The fraction of sp³-hybridized carbons (Fsp3) is 0.538. The summed E-state index contributed by atoms with van der Waals surface area (Å²) in [6, 6.07) is 5.59. The second-order valence-corrected chi connectivity index (χ2v) is 5.17. The molecule has 0 saturated heterocycles. The van der Waals surface area contributed by atoms with E-state index in [1.54, 1.807) is 6.07 Å². The second kappa shape index (κ2) is 5.15. The summed E-state index contributed by atoms with van der Waals surface area (Å²) in [6.07, 6.45) is 3.87. The first-order valence-corrected chi connectivity index (χ1v) is 6.43. The summed E-state index contributed by atoms with van der Waals surface area (Å²) < 4.78 is 0. The van der Waals surface area contributed by atoms with E-state index in [1.165, 1.54) is 0 Å². The van der Waals surface area contributed by atoms with Crippen LogP contribution in [0.2, 0.25) is 5.02 Å². The lowest BCUT2D eigenvalue weighted by molar-refractivity contribution is 0.106. The molecule has 0 bridgehead atoms. The summed E-state index contributed by atoms with van der Waals surface area (Å²) in [5.74, 6) is 0. The quantitative estimate of drug-likeness (QED) is 0.798. The minimum atomic E-state index is -0.271. The van der Waals surface area contributed by atoms with Gasteiger partial charge in [-0.15, -0.1) is 0 Å². The maximum absolute atomic E-state index is 10.0. The van der Waals surface area contributed by atoms with Gasteiger partial charge >= 0.3 is 0 Å². The number of nitrogens with two attached hydrogens (primary N) is 1. The summed E-state index contributed by atoms with van der Waals surface area (Å²) in [7, 11) is 1.97. The van der Waals surface area contributed by atoms with E-state index in [4.69, 9.17) is 17.3 Å². The first-order valence-electron chi connectivity index (χ1n) is 6.05. The van der Waals surface area contributed by atoms with Crippen molar-refractivity contribution >= 4 is 23.0 Å². The van der Waals surface area contributed by atoms with Gasteiger partial charge in [-0.05, 0) is 31.0 Å². The van der Waals surface area contributed by atoms with E-state index in [9.17, 15) is 5.11 Å². The van der Waals surface area contributed by atoms with E-state index in [2.05, 4.69) is 4.90 Å². The zero-order valence-electron chi connectivity index (χ0n) is 10.1. The average Bonchev–Trinajstić information content (AvgIpc) is 2.32. The summed E-state index contributed by atoms with van der Waals surface area (Å²) in [5, 5.41) is 10.7. The lowest BCUT2D eigenvalue weighted by Crippen LogP contribution is -2.43. The number of nitrogen functional groups attached to an aromatic ring is 1. The maximum atomic E-state index is 10.0. The number of nitrogens with zero attached hydrogens (tertiary/aromatic N) is 1. The van der Waals surface area contributed by atoms with E-state index in [0.29, 0.717) is 10.7 Å². The number of benzene rings is 1. The number of halogens is 1. The van der Waals surface area contributed by atoms with Gasteiger partial charge in [-0.25, -0.2) is 0 Å². The Morgan fingerprint density at radius 3 is 2.76 bits per heavy atom. The smallest absolute Gasteiger partial charge is 0.0743 e. The van der Waals surface area contributed by atoms with E-state index >= 15 is 0 Å². The van der Waals surface area contributed by atoms with E-state index in [-0.39, 0.29) is 12.1 Å². The fourth-order valence-corrected chi connectivity index (χ4v) is 2.71. The van der Waals surface area contributed by atoms with Gasteiger partial charge in [0.1, 0.15) is 0 Å². The molecule has 0 radical (unpaired) electrons. The molecule has 0 spiro atoms. The Morgan fingerprint density at radius 2 is 2.06 bits per heavy atom. The van der Waals surface area contributed by atoms with Crippen LogP contribution in [0, 0.1) is 0 Å². The Hall–Kier alpha value is -0.930. The van der Waals surface area contributed by atoms with Crippen LogP contribution >= 0.6 is 11.6 Å². The molecule has 2 unspecified atom stereocenters. The van der Waals surface area contributed by atoms with Gasteiger partial charge in [0.2, 0.25) is 0 Å². The molecule has 0 aromatic heterocycles. The van der Waals surface area contributed by atoms with Crippen molar-refractivity contribution in [1.29, 1.82) is 0 Å². The summed E-state index contributed by atoms with van der Waals surface area (Å²) in [6.45, 7) is 0. The van der Waals surface area contributed by atoms with Crippen LogP contribution in [0.3, 0.4) is 0 Å². The number of anilines is 2. The number of aliphatic hydroxyl groups excluding tert-OH is 1. The molecule has 0 aliphatic heterocycles. The summed E-state index contributed by atoms with van der Waals surface area (Å²) in [4.78, 5) is 2.06. The van der Waals surface area contributed by atoms with Crippen molar-refractivity contribution in [2.75, 3.05) is 17.7 Å². The Kier molecular flexibility index (Phi) is 3.79. The van der Waals surface area contributed by atoms with Crippen molar-refractivity contribution in [3.63, 3.8) is 0 Å². The maximum Gasteiger partial charge on any atom is 0.0743 e. The van der Waals surface area contributed by atoms with Crippen LogP contribution in [-0.2, 0) is 0 Å². The third-order valence-corrected chi connectivity index (χ3v) is 3.80. The molecule has 4 heteroatoms. The summed E-state index contributed by atoms with van der Waals surface area (Å²) in [5.41, 5.74) is 7.57. The minimum absolute atomic E-state index is 0.143. The van der Waals surface area contributed by atoms with Gasteiger partial charge in [0.15, 0.2) is 0 Å². The van der Waals surface area contributed by atoms with Crippen LogP contribution in [-0.4, -0.2) is 24.3 Å². The Morgan fingerprint density at radius 1 is 1.35 bits per heavy atom. The zero-order chi connectivity index (χ0) is 12.4. The number of likely N-dealkylation sites (N-methyl/N-ethyl adjacent to an activating group) is 1. The van der Waals surface area contributed by atoms with Crippen molar-refractivity contribution in [2.24, 2.45) is 0 Å². The molecule has 3 N–H and O–H groups in total. The lowest BCUT2D eigenvalue weighted by atomic mass is 9.91. The Labute approximate surface area is 107 Å². The molecule has 1 aliphatic carbocycles. The lowest BCUT2D eigenvalue weighted by Gasteiger charge is -2.37. The van der Waals surface area contributed by atoms with Gasteiger partial charge < -0.3 is 15.7 Å². The standard InChI is InChI=1S/C13H19ClN2O/c1-16(11-4-2-3-5-13(11)17)12-8-9(14)6-7-10(12)15/h6-8,11,13,17H,2-5,15H2,1H3. The monoisotopic (exact) mass is 254 g/mol. The number of aliphatic hydroxyl groups is 1. The van der Waals surface area contributed by atoms with Crippen LogP contribution in [0.5, 0.6) is 0 Å². The van der Waals surface area contributed by atoms with Gasteiger partial charge in [0.05, 0.1) is 23.5 Å². The molecule has 0 amide bonds. The van der Waals surface area contributed by atoms with Crippen LogP contribution in [0.25, 0.3) is 0 Å². The topological polar surface area (TPSA) is 49.5 Å². The Balaban J connectivity index is 2.23. The molecule has 0 heterocycles. The number of rotatable bonds is 2. The van der Waals surface area contributed by atoms with Crippen LogP contribution < -0.4 is 10.6 Å². The van der Waals surface area contributed by atoms with E-state index in [1.807, 2.05) is 19.2 Å². The zero-order valence-corrected chi connectivity index (χ0v) is 10.8. The van der Waals surface area contributed by atoms with Crippen LogP contribution in [0.1, 0.15) is 25.7 Å². The molecular weight excluding hydrogens is 236 g/mol. The van der Waals surface area contributed by atoms with E-state index < -0.39 is 0 Å². The third-order valence-electron chi connectivity index (χ3n) is 3.56. The molecule has 1 saturated carbocycles. The van der Waals surface area contributed by atoms with Gasteiger partial charge in [-0.1, -0.05) is 24.4 Å². The molecule has 2 atom stereocenters. The molecule has 3 nitrogen and oxygen atoms in total.